The van der Waals surface area contributed by atoms with Crippen LogP contribution in [0.15, 0.2) is 12.4 Å². The lowest BCUT2D eigenvalue weighted by Crippen LogP contribution is -2.63. The average Bonchev–Trinajstić information content (AvgIpc) is 3.15. The zero-order valence-corrected chi connectivity index (χ0v) is 19.2. The molecule has 5 heterocycles. The minimum Gasteiger partial charge on any atom is -0.378 e. The summed E-state index contributed by atoms with van der Waals surface area (Å²) >= 11 is 0. The molecule has 2 saturated heterocycles. The molecule has 0 spiro atoms. The van der Waals surface area contributed by atoms with Crippen molar-refractivity contribution in [2.75, 3.05) is 61.5 Å². The third-order valence-corrected chi connectivity index (χ3v) is 9.52. The highest BCUT2D eigenvalue weighted by atomic mass is 32.2. The highest BCUT2D eigenvalue weighted by Gasteiger charge is 2.46. The number of rotatable bonds is 5. The summed E-state index contributed by atoms with van der Waals surface area (Å²) in [7, 11) is -3.16. The first-order chi connectivity index (χ1) is 16.0. The zero-order valence-electron chi connectivity index (χ0n) is 18.4. The predicted molar refractivity (Wildman–Crippen MR) is 123 cm³/mol. The van der Waals surface area contributed by atoms with Crippen molar-refractivity contribution in [2.45, 2.75) is 37.0 Å². The van der Waals surface area contributed by atoms with Gasteiger partial charge in [0.1, 0.15) is 5.82 Å². The average molecular weight is 473 g/mol. The van der Waals surface area contributed by atoms with Crippen molar-refractivity contribution in [3.8, 4) is 11.3 Å². The van der Waals surface area contributed by atoms with Crippen molar-refractivity contribution >= 4 is 27.7 Å². The van der Waals surface area contributed by atoms with Gasteiger partial charge in [-0.15, -0.1) is 0 Å². The lowest BCUT2D eigenvalue weighted by atomic mass is 10.0. The van der Waals surface area contributed by atoms with E-state index in [0.29, 0.717) is 32.3 Å². The minimum atomic E-state index is -3.16. The third kappa shape index (κ3) is 3.60. The molecule has 3 aliphatic heterocycles. The molecule has 1 saturated carbocycles. The lowest BCUT2D eigenvalue weighted by molar-refractivity contribution is 0.122. The predicted octanol–water partition coefficient (Wildman–Crippen LogP) is 0.281. The molecule has 11 nitrogen and oxygen atoms in total. The number of aromatic nitrogens is 4. The van der Waals surface area contributed by atoms with Crippen molar-refractivity contribution < 1.29 is 13.2 Å². The number of anilines is 3. The third-order valence-electron chi connectivity index (χ3n) is 7.19. The van der Waals surface area contributed by atoms with E-state index >= 15 is 0 Å². The molecule has 2 aromatic heterocycles. The Labute approximate surface area is 193 Å². The van der Waals surface area contributed by atoms with Gasteiger partial charge in [-0.2, -0.15) is 9.29 Å². The Balaban J connectivity index is 1.31. The van der Waals surface area contributed by atoms with Gasteiger partial charge in [-0.25, -0.2) is 23.4 Å². The Hall–Kier alpha value is -2.57. The number of ether oxygens (including phenoxy) is 1. The lowest BCUT2D eigenvalue weighted by Gasteiger charge is -2.46. The van der Waals surface area contributed by atoms with E-state index in [1.165, 1.54) is 0 Å². The van der Waals surface area contributed by atoms with E-state index in [-0.39, 0.29) is 17.2 Å². The topological polar surface area (TPSA) is 131 Å². The first-order valence-electron chi connectivity index (χ1n) is 11.6. The highest BCUT2D eigenvalue weighted by Crippen LogP contribution is 2.39. The van der Waals surface area contributed by atoms with Crippen molar-refractivity contribution in [1.29, 1.82) is 0 Å². The number of hydrogen-bond donors (Lipinski definition) is 1. The first-order valence-corrected chi connectivity index (χ1v) is 13.1. The molecule has 6 rings (SSSR count). The fourth-order valence-corrected chi connectivity index (χ4v) is 7.04. The molecule has 2 aromatic rings. The van der Waals surface area contributed by atoms with Crippen LogP contribution >= 0.6 is 0 Å². The molecule has 176 valence electrons. The number of sulfonamides is 1. The fourth-order valence-electron chi connectivity index (χ4n) is 4.93. The molecule has 33 heavy (non-hydrogen) atoms. The van der Waals surface area contributed by atoms with E-state index in [2.05, 4.69) is 19.8 Å². The number of hydrogen-bond acceptors (Lipinski definition) is 10. The van der Waals surface area contributed by atoms with E-state index in [9.17, 15) is 8.42 Å². The van der Waals surface area contributed by atoms with Gasteiger partial charge >= 0.3 is 0 Å². The molecule has 4 aliphatic rings. The molecule has 2 N–H and O–H groups in total. The summed E-state index contributed by atoms with van der Waals surface area (Å²) in [6.45, 7) is 4.58. The van der Waals surface area contributed by atoms with Crippen LogP contribution in [-0.2, 0) is 21.2 Å². The van der Waals surface area contributed by atoms with Crippen LogP contribution in [0.5, 0.6) is 0 Å². The van der Waals surface area contributed by atoms with Gasteiger partial charge in [-0.3, -0.25) is 0 Å². The Bertz CT molecular complexity index is 1140. The smallest absolute Gasteiger partial charge is 0.228 e. The maximum absolute atomic E-state index is 12.8. The summed E-state index contributed by atoms with van der Waals surface area (Å²) in [6, 6.07) is 0.129. The van der Waals surface area contributed by atoms with Gasteiger partial charge in [0.15, 0.2) is 0 Å². The van der Waals surface area contributed by atoms with Crippen molar-refractivity contribution in [3.05, 3.63) is 18.0 Å². The summed E-state index contributed by atoms with van der Waals surface area (Å²) in [5.41, 5.74) is 8.38. The van der Waals surface area contributed by atoms with Crippen molar-refractivity contribution in [2.24, 2.45) is 0 Å². The largest absolute Gasteiger partial charge is 0.378 e. The van der Waals surface area contributed by atoms with Crippen molar-refractivity contribution in [1.82, 2.24) is 24.2 Å². The second-order valence-corrected chi connectivity index (χ2v) is 11.3. The molecule has 0 unspecified atom stereocenters. The molecule has 0 amide bonds. The summed E-state index contributed by atoms with van der Waals surface area (Å²) in [5, 5.41) is -0.184. The number of nitrogens with two attached hydrogens (primary N) is 1. The second kappa shape index (κ2) is 8.03. The van der Waals surface area contributed by atoms with Crippen LogP contribution in [0.3, 0.4) is 0 Å². The maximum atomic E-state index is 12.8. The van der Waals surface area contributed by atoms with Crippen LogP contribution < -0.4 is 15.5 Å². The Morgan fingerprint density at radius 2 is 1.76 bits per heavy atom. The van der Waals surface area contributed by atoms with E-state index in [1.807, 2.05) is 0 Å². The molecular formula is C21H28N8O3S. The molecule has 0 atom stereocenters. The van der Waals surface area contributed by atoms with Crippen molar-refractivity contribution in [3.63, 3.8) is 0 Å². The van der Waals surface area contributed by atoms with Crippen LogP contribution in [0.1, 0.15) is 24.8 Å². The van der Waals surface area contributed by atoms with E-state index in [4.69, 9.17) is 20.4 Å². The van der Waals surface area contributed by atoms with Crippen LogP contribution in [0.25, 0.3) is 11.3 Å². The minimum absolute atomic E-state index is 0.129. The number of fused-ring (bicyclic) bond motifs is 1. The van der Waals surface area contributed by atoms with E-state index in [1.54, 1.807) is 16.7 Å². The summed E-state index contributed by atoms with van der Waals surface area (Å²) in [4.78, 5) is 22.6. The van der Waals surface area contributed by atoms with E-state index < -0.39 is 10.0 Å². The maximum Gasteiger partial charge on any atom is 0.228 e. The fraction of sp³-hybridized carbons (Fsp3) is 0.619. The Morgan fingerprint density at radius 3 is 2.42 bits per heavy atom. The molecule has 12 heteroatoms. The summed E-state index contributed by atoms with van der Waals surface area (Å²) in [5.74, 6) is 1.78. The van der Waals surface area contributed by atoms with Gasteiger partial charge in [-0.1, -0.05) is 6.42 Å². The molecule has 0 bridgehead atoms. The molecular weight excluding hydrogens is 444 g/mol. The standard InChI is InChI=1S/C21H28N8O3S/c22-20-23-10-14(11-24-20)18-17-4-5-29(15-12-28(13-15)33(30,31)16-2-1-3-16)19(17)26-21(25-18)27-6-8-32-9-7-27/h10-11,15-16H,1-9,12-13H2,(H2,22,23,24). The monoisotopic (exact) mass is 472 g/mol. The van der Waals surface area contributed by atoms with Gasteiger partial charge in [0.2, 0.25) is 21.9 Å². The number of nitrogen functional groups attached to an aromatic ring is 1. The highest BCUT2D eigenvalue weighted by molar-refractivity contribution is 7.89. The van der Waals surface area contributed by atoms with Gasteiger partial charge in [-0.05, 0) is 19.3 Å². The quantitative estimate of drug-likeness (QED) is 0.647. The number of morpholine rings is 1. The molecule has 0 radical (unpaired) electrons. The first kappa shape index (κ1) is 21.0. The van der Waals surface area contributed by atoms with Crippen LogP contribution in [-0.4, -0.2) is 89.9 Å². The van der Waals surface area contributed by atoms with E-state index in [0.717, 1.165) is 68.0 Å². The van der Waals surface area contributed by atoms with Gasteiger partial charge in [0.05, 0.1) is 30.2 Å². The van der Waals surface area contributed by atoms with Gasteiger partial charge < -0.3 is 20.3 Å². The Morgan fingerprint density at radius 1 is 1.03 bits per heavy atom. The molecule has 0 aromatic carbocycles. The second-order valence-electron chi connectivity index (χ2n) is 9.12. The van der Waals surface area contributed by atoms with Crippen LogP contribution in [0.4, 0.5) is 17.7 Å². The molecule has 3 fully saturated rings. The normalized spacial score (nSPS) is 22.2. The molecule has 1 aliphatic carbocycles. The Kier molecular flexibility index (Phi) is 5.11. The zero-order chi connectivity index (χ0) is 22.6. The summed E-state index contributed by atoms with van der Waals surface area (Å²) in [6.07, 6.45) is 6.79. The summed E-state index contributed by atoms with van der Waals surface area (Å²) < 4.78 is 32.7. The van der Waals surface area contributed by atoms with Gasteiger partial charge in [0.25, 0.3) is 0 Å². The van der Waals surface area contributed by atoms with Gasteiger partial charge in [0, 0.05) is 56.2 Å². The van der Waals surface area contributed by atoms with Crippen LogP contribution in [0.2, 0.25) is 0 Å². The number of nitrogens with zero attached hydrogens (tertiary/aromatic N) is 7. The van der Waals surface area contributed by atoms with Crippen LogP contribution in [0, 0.1) is 0 Å². The SMILES string of the molecule is Nc1ncc(-c2nc(N3CCOCC3)nc3c2CCN3C2CN(S(=O)(=O)C3CCC3)C2)cn1.